The number of unbranched alkanes of at least 4 members (excludes halogenated alkanes) is 3. The Morgan fingerprint density at radius 1 is 0.958 bits per heavy atom. The standard InChI is InChI=1S/C21H24N2O/c1-2-3-4-9-14-24-21-13-8-6-11-17(21)20-15-18(22)16-10-5-7-12-19(16)23-20/h5-8,10-13,15H,2-4,9,14H2,1H3,(H2,22,23). The second-order valence-electron chi connectivity index (χ2n) is 6.02. The fraction of sp³-hybridized carbons (Fsp3) is 0.286. The van der Waals surface area contributed by atoms with Crippen molar-refractivity contribution >= 4 is 16.6 Å². The number of fused-ring (bicyclic) bond motifs is 1. The van der Waals surface area contributed by atoms with E-state index in [0.717, 1.165) is 46.6 Å². The van der Waals surface area contributed by atoms with Crippen LogP contribution in [0.2, 0.25) is 0 Å². The predicted molar refractivity (Wildman–Crippen MR) is 101 cm³/mol. The molecule has 0 fully saturated rings. The summed E-state index contributed by atoms with van der Waals surface area (Å²) in [5, 5.41) is 0.985. The van der Waals surface area contributed by atoms with Crippen molar-refractivity contribution in [3.63, 3.8) is 0 Å². The number of nitrogen functional groups attached to an aromatic ring is 1. The highest BCUT2D eigenvalue weighted by Crippen LogP contribution is 2.32. The van der Waals surface area contributed by atoms with E-state index in [9.17, 15) is 0 Å². The molecule has 0 radical (unpaired) electrons. The summed E-state index contributed by atoms with van der Waals surface area (Å²) < 4.78 is 6.01. The average Bonchev–Trinajstić information content (AvgIpc) is 2.62. The molecule has 0 saturated carbocycles. The van der Waals surface area contributed by atoms with E-state index in [2.05, 4.69) is 6.92 Å². The summed E-state index contributed by atoms with van der Waals surface area (Å²) in [4.78, 5) is 4.76. The maximum Gasteiger partial charge on any atom is 0.128 e. The first kappa shape index (κ1) is 16.3. The van der Waals surface area contributed by atoms with Crippen LogP contribution in [0.25, 0.3) is 22.2 Å². The molecule has 3 aromatic rings. The van der Waals surface area contributed by atoms with Crippen molar-refractivity contribution in [2.24, 2.45) is 0 Å². The monoisotopic (exact) mass is 320 g/mol. The lowest BCUT2D eigenvalue weighted by Crippen LogP contribution is -2.00. The summed E-state index contributed by atoms with van der Waals surface area (Å²) in [5.41, 5.74) is 9.72. The van der Waals surface area contributed by atoms with Gasteiger partial charge in [0.2, 0.25) is 0 Å². The Kier molecular flexibility index (Phi) is 5.32. The van der Waals surface area contributed by atoms with Crippen molar-refractivity contribution in [2.75, 3.05) is 12.3 Å². The van der Waals surface area contributed by atoms with Crippen LogP contribution in [0.15, 0.2) is 54.6 Å². The number of rotatable bonds is 7. The SMILES string of the molecule is CCCCCCOc1ccccc1-c1cc(N)c2ccccc2n1. The van der Waals surface area contributed by atoms with Gasteiger partial charge < -0.3 is 10.5 Å². The molecule has 1 heterocycles. The minimum atomic E-state index is 0.736. The molecule has 2 aromatic carbocycles. The fourth-order valence-corrected chi connectivity index (χ4v) is 2.86. The van der Waals surface area contributed by atoms with Gasteiger partial charge in [0, 0.05) is 16.6 Å². The van der Waals surface area contributed by atoms with Gasteiger partial charge in [-0.1, -0.05) is 56.5 Å². The van der Waals surface area contributed by atoms with Gasteiger partial charge in [-0.3, -0.25) is 0 Å². The van der Waals surface area contributed by atoms with Gasteiger partial charge in [0.25, 0.3) is 0 Å². The van der Waals surface area contributed by atoms with Crippen LogP contribution in [0.5, 0.6) is 5.75 Å². The zero-order chi connectivity index (χ0) is 16.8. The molecular weight excluding hydrogens is 296 g/mol. The molecule has 0 bridgehead atoms. The maximum absolute atomic E-state index is 6.22. The first-order chi connectivity index (χ1) is 11.8. The van der Waals surface area contributed by atoms with E-state index in [1.54, 1.807) is 0 Å². The van der Waals surface area contributed by atoms with Crippen molar-refractivity contribution in [3.05, 3.63) is 54.6 Å². The van der Waals surface area contributed by atoms with Crippen LogP contribution in [-0.4, -0.2) is 11.6 Å². The first-order valence-electron chi connectivity index (χ1n) is 8.67. The van der Waals surface area contributed by atoms with Crippen molar-refractivity contribution in [1.82, 2.24) is 4.98 Å². The summed E-state index contributed by atoms with van der Waals surface area (Å²) >= 11 is 0. The summed E-state index contributed by atoms with van der Waals surface area (Å²) in [5.74, 6) is 0.871. The molecule has 3 nitrogen and oxygen atoms in total. The number of ether oxygens (including phenoxy) is 1. The molecule has 1 aromatic heterocycles. The normalized spacial score (nSPS) is 10.9. The van der Waals surface area contributed by atoms with Gasteiger partial charge in [0.1, 0.15) is 5.75 Å². The number of benzene rings is 2. The van der Waals surface area contributed by atoms with Crippen LogP contribution >= 0.6 is 0 Å². The smallest absolute Gasteiger partial charge is 0.128 e. The predicted octanol–water partition coefficient (Wildman–Crippen LogP) is 5.44. The molecule has 0 spiro atoms. The largest absolute Gasteiger partial charge is 0.493 e. The highest BCUT2D eigenvalue weighted by atomic mass is 16.5. The van der Waals surface area contributed by atoms with Crippen LogP contribution < -0.4 is 10.5 Å². The quantitative estimate of drug-likeness (QED) is 0.589. The van der Waals surface area contributed by atoms with Gasteiger partial charge in [-0.25, -0.2) is 4.98 Å². The lowest BCUT2D eigenvalue weighted by Gasteiger charge is -2.12. The molecule has 0 aliphatic heterocycles. The number of nitrogens with zero attached hydrogens (tertiary/aromatic N) is 1. The Bertz CT molecular complexity index is 814. The highest BCUT2D eigenvalue weighted by molar-refractivity contribution is 5.93. The molecule has 0 aliphatic rings. The van der Waals surface area contributed by atoms with Crippen molar-refractivity contribution in [2.45, 2.75) is 32.6 Å². The summed E-state index contributed by atoms with van der Waals surface area (Å²) in [6.45, 7) is 2.95. The van der Waals surface area contributed by atoms with Gasteiger partial charge in [0.15, 0.2) is 0 Å². The van der Waals surface area contributed by atoms with Crippen LogP contribution in [0.1, 0.15) is 32.6 Å². The van der Waals surface area contributed by atoms with E-state index in [4.69, 9.17) is 15.5 Å². The molecule has 0 aliphatic carbocycles. The molecule has 3 rings (SSSR count). The molecule has 0 unspecified atom stereocenters. The number of nitrogens with two attached hydrogens (primary N) is 1. The molecule has 2 N–H and O–H groups in total. The molecule has 3 heteroatoms. The number of pyridine rings is 1. The molecule has 0 amide bonds. The minimum absolute atomic E-state index is 0.736. The fourth-order valence-electron chi connectivity index (χ4n) is 2.86. The molecule has 0 saturated heterocycles. The zero-order valence-corrected chi connectivity index (χ0v) is 14.2. The van der Waals surface area contributed by atoms with E-state index < -0.39 is 0 Å². The second-order valence-corrected chi connectivity index (χ2v) is 6.02. The van der Waals surface area contributed by atoms with Crippen LogP contribution in [0.3, 0.4) is 0 Å². The number of aromatic nitrogens is 1. The highest BCUT2D eigenvalue weighted by Gasteiger charge is 2.10. The lowest BCUT2D eigenvalue weighted by molar-refractivity contribution is 0.306. The van der Waals surface area contributed by atoms with Crippen molar-refractivity contribution < 1.29 is 4.74 Å². The summed E-state index contributed by atoms with van der Waals surface area (Å²) in [6.07, 6.45) is 4.78. The Balaban J connectivity index is 1.87. The topological polar surface area (TPSA) is 48.1 Å². The Morgan fingerprint density at radius 3 is 2.62 bits per heavy atom. The number of hydrogen-bond donors (Lipinski definition) is 1. The van der Waals surface area contributed by atoms with Crippen molar-refractivity contribution in [3.8, 4) is 17.0 Å². The Labute approximate surface area is 143 Å². The maximum atomic E-state index is 6.22. The molecule has 124 valence electrons. The third kappa shape index (κ3) is 3.67. The third-order valence-corrected chi connectivity index (χ3v) is 4.17. The number of hydrogen-bond acceptors (Lipinski definition) is 3. The summed E-state index contributed by atoms with van der Waals surface area (Å²) in [7, 11) is 0. The minimum Gasteiger partial charge on any atom is -0.493 e. The van der Waals surface area contributed by atoms with Gasteiger partial charge in [-0.2, -0.15) is 0 Å². The van der Waals surface area contributed by atoms with E-state index >= 15 is 0 Å². The number of anilines is 1. The van der Waals surface area contributed by atoms with E-state index in [1.807, 2.05) is 54.6 Å². The van der Waals surface area contributed by atoms with Crippen LogP contribution in [0, 0.1) is 0 Å². The van der Waals surface area contributed by atoms with Crippen LogP contribution in [0.4, 0.5) is 5.69 Å². The Hall–Kier alpha value is -2.55. The Morgan fingerprint density at radius 2 is 1.75 bits per heavy atom. The van der Waals surface area contributed by atoms with E-state index in [-0.39, 0.29) is 0 Å². The first-order valence-corrected chi connectivity index (χ1v) is 8.67. The van der Waals surface area contributed by atoms with Crippen molar-refractivity contribution in [1.29, 1.82) is 0 Å². The van der Waals surface area contributed by atoms with Gasteiger partial charge in [-0.15, -0.1) is 0 Å². The molecule has 0 atom stereocenters. The second kappa shape index (κ2) is 7.82. The van der Waals surface area contributed by atoms with E-state index in [0.29, 0.717) is 0 Å². The number of para-hydroxylation sites is 2. The zero-order valence-electron chi connectivity index (χ0n) is 14.2. The third-order valence-electron chi connectivity index (χ3n) is 4.17. The lowest BCUT2D eigenvalue weighted by atomic mass is 10.1. The van der Waals surface area contributed by atoms with Gasteiger partial charge in [-0.05, 0) is 30.7 Å². The molecule has 24 heavy (non-hydrogen) atoms. The van der Waals surface area contributed by atoms with Gasteiger partial charge >= 0.3 is 0 Å². The summed E-state index contributed by atoms with van der Waals surface area (Å²) in [6, 6.07) is 17.9. The van der Waals surface area contributed by atoms with Gasteiger partial charge in [0.05, 0.1) is 17.8 Å². The molecular formula is C21H24N2O. The average molecular weight is 320 g/mol. The van der Waals surface area contributed by atoms with E-state index in [1.165, 1.54) is 19.3 Å². The van der Waals surface area contributed by atoms with Crippen LogP contribution in [-0.2, 0) is 0 Å².